The van der Waals surface area contributed by atoms with Crippen LogP contribution in [0.3, 0.4) is 0 Å². The molecule has 118 valence electrons. The number of nitrogens with one attached hydrogen (secondary N) is 1. The Morgan fingerprint density at radius 1 is 1.10 bits per heavy atom. The third-order valence-electron chi connectivity index (χ3n) is 2.55. The number of aliphatic carboxylic acids is 1. The van der Waals surface area contributed by atoms with Crippen LogP contribution >= 0.6 is 0 Å². The molecule has 21 heavy (non-hydrogen) atoms. The number of amides is 1. The quantitative estimate of drug-likeness (QED) is 0.719. The van der Waals surface area contributed by atoms with Gasteiger partial charge in [-0.2, -0.15) is 0 Å². The fourth-order valence-corrected chi connectivity index (χ4v) is 1.54. The summed E-state index contributed by atoms with van der Waals surface area (Å²) in [7, 11) is 0. The van der Waals surface area contributed by atoms with Crippen LogP contribution in [0.25, 0.3) is 0 Å². The lowest BCUT2D eigenvalue weighted by Gasteiger charge is -2.06. The van der Waals surface area contributed by atoms with Gasteiger partial charge in [-0.25, -0.2) is 4.79 Å². The highest BCUT2D eigenvalue weighted by atomic mass is 16.5. The summed E-state index contributed by atoms with van der Waals surface area (Å²) in [5.41, 5.74) is 0.944. The highest BCUT2D eigenvalue weighted by molar-refractivity contribution is 5.67. The Kier molecular flexibility index (Phi) is 11.7. The van der Waals surface area contributed by atoms with Crippen molar-refractivity contribution >= 4 is 12.1 Å². The number of benzene rings is 1. The molecule has 1 rings (SSSR count). The predicted molar refractivity (Wildman–Crippen MR) is 82.1 cm³/mol. The van der Waals surface area contributed by atoms with Gasteiger partial charge in [-0.1, -0.05) is 50.6 Å². The second kappa shape index (κ2) is 13.0. The SMILES string of the molecule is CC.O=C(O)CCCCCNC(=O)OCc1ccccc1. The number of alkyl carbamates (subject to hydrolysis) is 1. The number of carbonyl (C=O) groups excluding carboxylic acids is 1. The number of ether oxygens (including phenoxy) is 1. The minimum absolute atomic E-state index is 0.179. The molecule has 5 nitrogen and oxygen atoms in total. The van der Waals surface area contributed by atoms with Gasteiger partial charge in [0, 0.05) is 13.0 Å². The highest BCUT2D eigenvalue weighted by Gasteiger charge is 2.02. The molecular formula is C16H25NO4. The number of unbranched alkanes of at least 4 members (excludes halogenated alkanes) is 2. The Morgan fingerprint density at radius 3 is 2.38 bits per heavy atom. The van der Waals surface area contributed by atoms with Crippen molar-refractivity contribution in [3.05, 3.63) is 35.9 Å². The Balaban J connectivity index is 0.00000191. The molecule has 0 aliphatic rings. The van der Waals surface area contributed by atoms with Gasteiger partial charge in [-0.15, -0.1) is 0 Å². The van der Waals surface area contributed by atoms with E-state index in [1.807, 2.05) is 44.2 Å². The first-order valence-electron chi connectivity index (χ1n) is 7.35. The summed E-state index contributed by atoms with van der Waals surface area (Å²) in [6.07, 6.45) is 1.91. The van der Waals surface area contributed by atoms with E-state index in [2.05, 4.69) is 5.32 Å². The zero-order valence-corrected chi connectivity index (χ0v) is 12.8. The smallest absolute Gasteiger partial charge is 0.407 e. The lowest BCUT2D eigenvalue weighted by atomic mass is 10.2. The molecular weight excluding hydrogens is 270 g/mol. The number of carbonyl (C=O) groups is 2. The molecule has 0 bridgehead atoms. The van der Waals surface area contributed by atoms with Gasteiger partial charge in [-0.3, -0.25) is 4.79 Å². The van der Waals surface area contributed by atoms with E-state index in [0.717, 1.165) is 18.4 Å². The molecule has 0 aliphatic heterocycles. The van der Waals surface area contributed by atoms with Gasteiger partial charge >= 0.3 is 12.1 Å². The van der Waals surface area contributed by atoms with Gasteiger partial charge in [0.25, 0.3) is 0 Å². The lowest BCUT2D eigenvalue weighted by Crippen LogP contribution is -2.25. The Labute approximate surface area is 126 Å². The summed E-state index contributed by atoms with van der Waals surface area (Å²) in [5.74, 6) is -0.782. The molecule has 0 saturated carbocycles. The molecule has 0 fully saturated rings. The summed E-state index contributed by atoms with van der Waals surface area (Å²) in [5, 5.41) is 11.1. The van der Waals surface area contributed by atoms with Crippen molar-refractivity contribution in [2.24, 2.45) is 0 Å². The topological polar surface area (TPSA) is 75.6 Å². The van der Waals surface area contributed by atoms with E-state index in [4.69, 9.17) is 9.84 Å². The molecule has 0 saturated heterocycles. The zero-order chi connectivity index (χ0) is 15.9. The zero-order valence-electron chi connectivity index (χ0n) is 12.8. The maximum atomic E-state index is 11.3. The van der Waals surface area contributed by atoms with Crippen LogP contribution in [0.4, 0.5) is 4.79 Å². The molecule has 5 heteroatoms. The van der Waals surface area contributed by atoms with E-state index >= 15 is 0 Å². The second-order valence-electron chi connectivity index (χ2n) is 4.19. The molecule has 0 spiro atoms. The van der Waals surface area contributed by atoms with Gasteiger partial charge in [0.05, 0.1) is 0 Å². The standard InChI is InChI=1S/C14H19NO4.C2H6/c16-13(17)9-5-2-6-10-15-14(18)19-11-12-7-3-1-4-8-12;1-2/h1,3-4,7-8H,2,5-6,9-11H2,(H,15,18)(H,16,17);1-2H3. The number of hydrogen-bond acceptors (Lipinski definition) is 3. The Hall–Kier alpha value is -2.04. The van der Waals surface area contributed by atoms with E-state index < -0.39 is 12.1 Å². The van der Waals surface area contributed by atoms with Crippen molar-refractivity contribution in [1.29, 1.82) is 0 Å². The van der Waals surface area contributed by atoms with Gasteiger partial charge in [0.15, 0.2) is 0 Å². The highest BCUT2D eigenvalue weighted by Crippen LogP contribution is 2.01. The summed E-state index contributed by atoms with van der Waals surface area (Å²) < 4.78 is 5.03. The number of carboxylic acids is 1. The molecule has 0 aromatic heterocycles. The maximum absolute atomic E-state index is 11.3. The lowest BCUT2D eigenvalue weighted by molar-refractivity contribution is -0.137. The third kappa shape index (κ3) is 11.5. The molecule has 0 atom stereocenters. The molecule has 1 aromatic rings. The monoisotopic (exact) mass is 295 g/mol. The molecule has 1 aromatic carbocycles. The van der Waals surface area contributed by atoms with Crippen molar-refractivity contribution in [2.45, 2.75) is 46.1 Å². The third-order valence-corrected chi connectivity index (χ3v) is 2.55. The van der Waals surface area contributed by atoms with E-state index in [9.17, 15) is 9.59 Å². The van der Waals surface area contributed by atoms with Crippen molar-refractivity contribution in [3.63, 3.8) is 0 Å². The second-order valence-corrected chi connectivity index (χ2v) is 4.19. The van der Waals surface area contributed by atoms with Crippen LogP contribution in [-0.4, -0.2) is 23.7 Å². The van der Waals surface area contributed by atoms with Crippen LogP contribution in [0.2, 0.25) is 0 Å². The first kappa shape index (κ1) is 19.0. The minimum atomic E-state index is -0.782. The van der Waals surface area contributed by atoms with Gasteiger partial charge in [0.1, 0.15) is 6.61 Å². The average Bonchev–Trinajstić information content (AvgIpc) is 2.51. The molecule has 2 N–H and O–H groups in total. The van der Waals surface area contributed by atoms with E-state index in [1.54, 1.807) is 0 Å². The van der Waals surface area contributed by atoms with Gasteiger partial charge in [0.2, 0.25) is 0 Å². The predicted octanol–water partition coefficient (Wildman–Crippen LogP) is 3.58. The van der Waals surface area contributed by atoms with Crippen molar-refractivity contribution in [1.82, 2.24) is 5.32 Å². The van der Waals surface area contributed by atoms with Gasteiger partial charge in [-0.05, 0) is 18.4 Å². The van der Waals surface area contributed by atoms with Crippen LogP contribution in [0, 0.1) is 0 Å². The minimum Gasteiger partial charge on any atom is -0.481 e. The molecule has 0 heterocycles. The summed E-state index contributed by atoms with van der Waals surface area (Å²) in [6.45, 7) is 4.76. The first-order chi connectivity index (χ1) is 10.2. The van der Waals surface area contributed by atoms with Crippen molar-refractivity contribution in [3.8, 4) is 0 Å². The fourth-order valence-electron chi connectivity index (χ4n) is 1.54. The first-order valence-corrected chi connectivity index (χ1v) is 7.35. The van der Waals surface area contributed by atoms with Crippen LogP contribution < -0.4 is 5.32 Å². The summed E-state index contributed by atoms with van der Waals surface area (Å²) in [4.78, 5) is 21.6. The maximum Gasteiger partial charge on any atom is 0.407 e. The largest absolute Gasteiger partial charge is 0.481 e. The van der Waals surface area contributed by atoms with Gasteiger partial charge < -0.3 is 15.2 Å². The van der Waals surface area contributed by atoms with E-state index in [0.29, 0.717) is 13.0 Å². The number of rotatable bonds is 8. The Morgan fingerprint density at radius 2 is 1.76 bits per heavy atom. The molecule has 1 amide bonds. The van der Waals surface area contributed by atoms with Crippen LogP contribution in [0.15, 0.2) is 30.3 Å². The fraction of sp³-hybridized carbons (Fsp3) is 0.500. The van der Waals surface area contributed by atoms with Crippen molar-refractivity contribution < 1.29 is 19.4 Å². The molecule has 0 unspecified atom stereocenters. The van der Waals surface area contributed by atoms with Crippen LogP contribution in [0.5, 0.6) is 0 Å². The van der Waals surface area contributed by atoms with E-state index in [1.165, 1.54) is 0 Å². The normalized spacial score (nSPS) is 9.24. The average molecular weight is 295 g/mol. The van der Waals surface area contributed by atoms with E-state index in [-0.39, 0.29) is 13.0 Å². The summed E-state index contributed by atoms with van der Waals surface area (Å²) in [6, 6.07) is 9.46. The molecule has 0 radical (unpaired) electrons. The molecule has 0 aliphatic carbocycles. The number of hydrogen-bond donors (Lipinski definition) is 2. The Bertz CT molecular complexity index is 393. The van der Waals surface area contributed by atoms with Crippen LogP contribution in [0.1, 0.15) is 45.1 Å². The van der Waals surface area contributed by atoms with Crippen LogP contribution in [-0.2, 0) is 16.1 Å². The van der Waals surface area contributed by atoms with Crippen molar-refractivity contribution in [2.75, 3.05) is 6.54 Å². The number of carboxylic acid groups (broad SMARTS) is 1. The summed E-state index contributed by atoms with van der Waals surface area (Å²) >= 11 is 0.